The Hall–Kier alpha value is -3.19. The van der Waals surface area contributed by atoms with Gasteiger partial charge in [-0.2, -0.15) is 0 Å². The molecule has 0 aliphatic heterocycles. The van der Waals surface area contributed by atoms with Crippen LogP contribution in [0.4, 0.5) is 0 Å². The molecule has 6 nitrogen and oxygen atoms in total. The van der Waals surface area contributed by atoms with E-state index in [9.17, 15) is 18.0 Å². The summed E-state index contributed by atoms with van der Waals surface area (Å²) in [4.78, 5) is 25.1. The zero-order valence-corrected chi connectivity index (χ0v) is 19.7. The Bertz CT molecular complexity index is 1280. The summed E-state index contributed by atoms with van der Waals surface area (Å²) in [5.41, 5.74) is 6.40. The lowest BCUT2D eigenvalue weighted by molar-refractivity contribution is 0.0474. The van der Waals surface area contributed by atoms with Gasteiger partial charge in [0.25, 0.3) is 0 Å². The molecule has 3 rings (SSSR count). The number of carbonyl (C=O) groups is 2. The topological polar surface area (TPSA) is 82.4 Å². The predicted molar refractivity (Wildman–Crippen MR) is 124 cm³/mol. The maximum Gasteiger partial charge on any atom is 0.338 e. The fourth-order valence-electron chi connectivity index (χ4n) is 3.64. The highest BCUT2D eigenvalue weighted by Crippen LogP contribution is 2.23. The van der Waals surface area contributed by atoms with Crippen molar-refractivity contribution in [2.24, 2.45) is 0 Å². The van der Waals surface area contributed by atoms with Gasteiger partial charge < -0.3 is 9.30 Å². The zero-order valence-electron chi connectivity index (χ0n) is 18.9. The summed E-state index contributed by atoms with van der Waals surface area (Å²) in [7, 11) is -3.16. The minimum Gasteiger partial charge on any atom is -0.454 e. The molecule has 0 spiro atoms. The number of ketones is 1. The van der Waals surface area contributed by atoms with Crippen molar-refractivity contribution in [3.8, 4) is 5.69 Å². The van der Waals surface area contributed by atoms with Crippen molar-refractivity contribution in [3.63, 3.8) is 0 Å². The number of ether oxygens (including phenoxy) is 1. The largest absolute Gasteiger partial charge is 0.454 e. The Morgan fingerprint density at radius 3 is 2.16 bits per heavy atom. The van der Waals surface area contributed by atoms with Crippen molar-refractivity contribution in [2.45, 2.75) is 33.4 Å². The Kier molecular flexibility index (Phi) is 6.69. The van der Waals surface area contributed by atoms with Gasteiger partial charge in [-0.15, -0.1) is 0 Å². The van der Waals surface area contributed by atoms with E-state index in [-0.39, 0.29) is 23.7 Å². The van der Waals surface area contributed by atoms with Gasteiger partial charge >= 0.3 is 5.97 Å². The van der Waals surface area contributed by atoms with E-state index in [1.165, 1.54) is 23.3 Å². The van der Waals surface area contributed by atoms with Crippen LogP contribution in [0.25, 0.3) is 5.69 Å². The average Bonchev–Trinajstić information content (AvgIpc) is 3.01. The van der Waals surface area contributed by atoms with E-state index in [4.69, 9.17) is 4.74 Å². The Balaban J connectivity index is 1.71. The SMILES string of the molecule is Cc1ccc(-n2c(C)cc(C(=O)COC(=O)c3ccc(CS(C)(=O)=O)cc3)c2C)cc1C. The van der Waals surface area contributed by atoms with Crippen LogP contribution in [0.3, 0.4) is 0 Å². The molecule has 0 N–H and O–H groups in total. The molecule has 0 saturated carbocycles. The monoisotopic (exact) mass is 453 g/mol. The number of benzene rings is 2. The summed E-state index contributed by atoms with van der Waals surface area (Å²) in [6.45, 7) is 7.53. The first-order valence-electron chi connectivity index (χ1n) is 10.2. The Morgan fingerprint density at radius 1 is 0.906 bits per heavy atom. The molecular formula is C25H27NO5S. The molecule has 3 aromatic rings. The summed E-state index contributed by atoms with van der Waals surface area (Å²) in [5, 5.41) is 0. The fourth-order valence-corrected chi connectivity index (χ4v) is 4.44. The first-order chi connectivity index (χ1) is 15.0. The molecule has 1 heterocycles. The minimum absolute atomic E-state index is 0.100. The van der Waals surface area contributed by atoms with Crippen LogP contribution in [-0.2, 0) is 20.3 Å². The minimum atomic E-state index is -3.16. The van der Waals surface area contributed by atoms with Gasteiger partial charge in [0, 0.05) is 28.9 Å². The molecule has 32 heavy (non-hydrogen) atoms. The van der Waals surface area contributed by atoms with Crippen LogP contribution in [0, 0.1) is 27.7 Å². The molecule has 0 amide bonds. The molecule has 0 aliphatic carbocycles. The van der Waals surface area contributed by atoms with Gasteiger partial charge in [-0.05, 0) is 74.7 Å². The number of carbonyl (C=O) groups excluding carboxylic acids is 2. The van der Waals surface area contributed by atoms with E-state index < -0.39 is 15.8 Å². The van der Waals surface area contributed by atoms with Crippen LogP contribution in [0.1, 0.15) is 48.8 Å². The third kappa shape index (κ3) is 5.34. The summed E-state index contributed by atoms with van der Waals surface area (Å²) < 4.78 is 30.0. The number of esters is 1. The van der Waals surface area contributed by atoms with E-state index in [2.05, 4.69) is 13.0 Å². The van der Waals surface area contributed by atoms with Crippen LogP contribution < -0.4 is 0 Å². The number of nitrogens with zero attached hydrogens (tertiary/aromatic N) is 1. The number of hydrogen-bond donors (Lipinski definition) is 0. The summed E-state index contributed by atoms with van der Waals surface area (Å²) in [6.07, 6.45) is 1.15. The first-order valence-corrected chi connectivity index (χ1v) is 12.3. The number of sulfone groups is 1. The van der Waals surface area contributed by atoms with E-state index in [0.29, 0.717) is 11.1 Å². The standard InChI is InChI=1S/C25H27NO5S/c1-16-6-11-22(12-17(16)2)26-18(3)13-23(19(26)4)24(27)14-31-25(28)21-9-7-20(8-10-21)15-32(5,29)30/h6-13H,14-15H2,1-5H3. The zero-order chi connectivity index (χ0) is 23.6. The lowest BCUT2D eigenvalue weighted by Gasteiger charge is -2.12. The second-order valence-corrected chi connectivity index (χ2v) is 10.3. The normalized spacial score (nSPS) is 11.4. The quantitative estimate of drug-likeness (QED) is 0.394. The van der Waals surface area contributed by atoms with E-state index in [0.717, 1.165) is 23.3 Å². The van der Waals surface area contributed by atoms with Crippen LogP contribution in [0.2, 0.25) is 0 Å². The van der Waals surface area contributed by atoms with Gasteiger partial charge in [0.2, 0.25) is 5.78 Å². The van der Waals surface area contributed by atoms with E-state index in [1.54, 1.807) is 18.2 Å². The highest BCUT2D eigenvalue weighted by molar-refractivity contribution is 7.89. The Labute approximate surface area is 188 Å². The molecular weight excluding hydrogens is 426 g/mol. The molecule has 0 radical (unpaired) electrons. The molecule has 0 bridgehead atoms. The molecule has 0 atom stereocenters. The van der Waals surface area contributed by atoms with Gasteiger partial charge in [-0.3, -0.25) is 4.79 Å². The van der Waals surface area contributed by atoms with Crippen molar-refractivity contribution in [1.82, 2.24) is 4.57 Å². The number of Topliss-reactive ketones (excluding diaryl/α,β-unsaturated/α-hetero) is 1. The van der Waals surface area contributed by atoms with Crippen LogP contribution >= 0.6 is 0 Å². The smallest absolute Gasteiger partial charge is 0.338 e. The number of hydrogen-bond acceptors (Lipinski definition) is 5. The molecule has 7 heteroatoms. The lowest BCUT2D eigenvalue weighted by Crippen LogP contribution is -2.15. The summed E-state index contributed by atoms with van der Waals surface area (Å²) in [5.74, 6) is -1.01. The molecule has 0 aliphatic rings. The van der Waals surface area contributed by atoms with Crippen molar-refractivity contribution < 1.29 is 22.7 Å². The average molecular weight is 454 g/mol. The second kappa shape index (κ2) is 9.12. The number of aromatic nitrogens is 1. The van der Waals surface area contributed by atoms with Gasteiger partial charge in [-0.1, -0.05) is 18.2 Å². The molecule has 2 aromatic carbocycles. The number of rotatable bonds is 7. The van der Waals surface area contributed by atoms with Crippen LogP contribution in [0.15, 0.2) is 48.5 Å². The van der Waals surface area contributed by atoms with Crippen molar-refractivity contribution >= 4 is 21.6 Å². The third-order valence-corrected chi connectivity index (χ3v) is 6.29. The summed E-state index contributed by atoms with van der Waals surface area (Å²) >= 11 is 0. The lowest BCUT2D eigenvalue weighted by atomic mass is 10.1. The van der Waals surface area contributed by atoms with E-state index in [1.807, 2.05) is 37.5 Å². The summed E-state index contributed by atoms with van der Waals surface area (Å²) in [6, 6.07) is 14.1. The van der Waals surface area contributed by atoms with Crippen LogP contribution in [-0.4, -0.2) is 37.6 Å². The molecule has 1 aromatic heterocycles. The first kappa shape index (κ1) is 23.5. The molecule has 0 saturated heterocycles. The van der Waals surface area contributed by atoms with Crippen LogP contribution in [0.5, 0.6) is 0 Å². The molecule has 0 fully saturated rings. The highest BCUT2D eigenvalue weighted by Gasteiger charge is 2.19. The molecule has 168 valence electrons. The molecule has 0 unspecified atom stereocenters. The van der Waals surface area contributed by atoms with Gasteiger partial charge in [0.15, 0.2) is 16.4 Å². The Morgan fingerprint density at radius 2 is 1.56 bits per heavy atom. The van der Waals surface area contributed by atoms with Crippen molar-refractivity contribution in [2.75, 3.05) is 12.9 Å². The van der Waals surface area contributed by atoms with Gasteiger partial charge in [0.1, 0.15) is 0 Å². The highest BCUT2D eigenvalue weighted by atomic mass is 32.2. The predicted octanol–water partition coefficient (Wildman–Crippen LogP) is 4.30. The third-order valence-electron chi connectivity index (χ3n) is 5.43. The van der Waals surface area contributed by atoms with E-state index >= 15 is 0 Å². The van der Waals surface area contributed by atoms with Gasteiger partial charge in [0.05, 0.1) is 11.3 Å². The fraction of sp³-hybridized carbons (Fsp3) is 0.280. The van der Waals surface area contributed by atoms with Crippen molar-refractivity contribution in [1.29, 1.82) is 0 Å². The maximum atomic E-state index is 12.8. The van der Waals surface area contributed by atoms with Crippen molar-refractivity contribution in [3.05, 3.63) is 87.7 Å². The number of aryl methyl sites for hydroxylation is 3. The maximum absolute atomic E-state index is 12.8. The second-order valence-electron chi connectivity index (χ2n) is 8.16. The van der Waals surface area contributed by atoms with Gasteiger partial charge in [-0.25, -0.2) is 13.2 Å².